The Morgan fingerprint density at radius 2 is 1.65 bits per heavy atom. The first-order valence-corrected chi connectivity index (χ1v) is 10.4. The van der Waals surface area contributed by atoms with Crippen LogP contribution >= 0.6 is 0 Å². The van der Waals surface area contributed by atoms with E-state index < -0.39 is 0 Å². The van der Waals surface area contributed by atoms with Crippen LogP contribution in [0.2, 0.25) is 0 Å². The summed E-state index contributed by atoms with van der Waals surface area (Å²) in [5.74, 6) is 0.225. The molecule has 3 rings (SSSR count). The lowest BCUT2D eigenvalue weighted by Crippen LogP contribution is -2.22. The lowest BCUT2D eigenvalue weighted by Gasteiger charge is -2.16. The predicted molar refractivity (Wildman–Crippen MR) is 120 cm³/mol. The van der Waals surface area contributed by atoms with Crippen LogP contribution in [0.25, 0.3) is 0 Å². The average Bonchev–Trinajstić information content (AvgIpc) is 2.77. The number of benzene rings is 2. The quantitative estimate of drug-likeness (QED) is 0.469. The minimum absolute atomic E-state index is 0.104. The van der Waals surface area contributed by atoms with Gasteiger partial charge in [0.05, 0.1) is 6.61 Å². The van der Waals surface area contributed by atoms with E-state index in [1.54, 1.807) is 36.1 Å². The Morgan fingerprint density at radius 3 is 2.32 bits per heavy atom. The van der Waals surface area contributed by atoms with Crippen molar-refractivity contribution >= 4 is 0 Å². The molecule has 5 nitrogen and oxygen atoms in total. The zero-order valence-electron chi connectivity index (χ0n) is 18.1. The molecule has 0 aliphatic heterocycles. The van der Waals surface area contributed by atoms with Crippen LogP contribution in [0.15, 0.2) is 71.7 Å². The van der Waals surface area contributed by atoms with Crippen molar-refractivity contribution in [1.82, 2.24) is 9.47 Å². The summed E-state index contributed by atoms with van der Waals surface area (Å²) in [5.41, 5.74) is 3.18. The third-order valence-electron chi connectivity index (χ3n) is 5.08. The fourth-order valence-electron chi connectivity index (χ4n) is 3.21. The number of likely N-dealkylation sites (N-methyl/N-ethyl adjacent to an activating group) is 1. The van der Waals surface area contributed by atoms with Crippen molar-refractivity contribution in [1.29, 1.82) is 0 Å². The molecular weight excluding hydrogens is 395 g/mol. The topological polar surface area (TPSA) is 43.7 Å². The van der Waals surface area contributed by atoms with Gasteiger partial charge in [0, 0.05) is 39.0 Å². The molecular formula is C25H29FN2O3. The van der Waals surface area contributed by atoms with E-state index in [1.807, 2.05) is 0 Å². The zero-order valence-corrected chi connectivity index (χ0v) is 18.1. The average molecular weight is 425 g/mol. The Kier molecular flexibility index (Phi) is 8.38. The Balaban J connectivity index is 1.50. The van der Waals surface area contributed by atoms with Crippen LogP contribution in [0.4, 0.5) is 4.39 Å². The molecule has 0 amide bonds. The highest BCUT2D eigenvalue weighted by Crippen LogP contribution is 2.12. The van der Waals surface area contributed by atoms with E-state index in [1.165, 1.54) is 29.3 Å². The van der Waals surface area contributed by atoms with Crippen LogP contribution in [0.3, 0.4) is 0 Å². The summed E-state index contributed by atoms with van der Waals surface area (Å²) in [6, 6.07) is 17.9. The second kappa shape index (κ2) is 11.4. The molecule has 0 saturated carbocycles. The molecule has 0 atom stereocenters. The van der Waals surface area contributed by atoms with Gasteiger partial charge in [-0.2, -0.15) is 0 Å². The summed E-state index contributed by atoms with van der Waals surface area (Å²) in [4.78, 5) is 14.6. The molecule has 0 unspecified atom stereocenters. The van der Waals surface area contributed by atoms with Crippen LogP contribution in [0.5, 0.6) is 5.75 Å². The minimum Gasteiger partial charge on any atom is -0.489 e. The van der Waals surface area contributed by atoms with Crippen LogP contribution < -0.4 is 10.3 Å². The van der Waals surface area contributed by atoms with Gasteiger partial charge in [0.1, 0.15) is 18.2 Å². The molecule has 0 radical (unpaired) electrons. The number of methoxy groups -OCH3 is 1. The highest BCUT2D eigenvalue weighted by Gasteiger charge is 2.04. The Hall–Kier alpha value is -2.96. The van der Waals surface area contributed by atoms with Gasteiger partial charge in [-0.05, 0) is 48.4 Å². The smallest absolute Gasteiger partial charge is 0.254 e. The van der Waals surface area contributed by atoms with Crippen LogP contribution in [0.1, 0.15) is 16.7 Å². The molecule has 0 saturated heterocycles. The predicted octanol–water partition coefficient (Wildman–Crippen LogP) is 3.89. The minimum atomic E-state index is -0.282. The third-order valence-corrected chi connectivity index (χ3v) is 5.08. The first-order valence-electron chi connectivity index (χ1n) is 10.4. The maximum Gasteiger partial charge on any atom is 0.254 e. The molecule has 0 N–H and O–H groups in total. The summed E-state index contributed by atoms with van der Waals surface area (Å²) >= 11 is 0. The number of hydrogen-bond donors (Lipinski definition) is 0. The SMILES string of the molecule is COCCN(C)Cc1ccc(CCn2ccc(OCc3ccc(F)cc3)cc2=O)cc1. The number of pyridine rings is 1. The largest absolute Gasteiger partial charge is 0.489 e. The van der Waals surface area contributed by atoms with Gasteiger partial charge < -0.3 is 14.0 Å². The van der Waals surface area contributed by atoms with Gasteiger partial charge in [-0.15, -0.1) is 0 Å². The van der Waals surface area contributed by atoms with Crippen LogP contribution in [-0.4, -0.2) is 36.8 Å². The summed E-state index contributed by atoms with van der Waals surface area (Å²) in [6.45, 7) is 3.38. The number of hydrogen-bond acceptors (Lipinski definition) is 4. The molecule has 0 bridgehead atoms. The Morgan fingerprint density at radius 1 is 0.968 bits per heavy atom. The van der Waals surface area contributed by atoms with Crippen molar-refractivity contribution in [2.24, 2.45) is 0 Å². The van der Waals surface area contributed by atoms with Gasteiger partial charge >= 0.3 is 0 Å². The second-order valence-corrected chi connectivity index (χ2v) is 7.61. The number of rotatable bonds is 11. The molecule has 0 aliphatic rings. The molecule has 0 fully saturated rings. The molecule has 1 aromatic heterocycles. The molecule has 2 aromatic carbocycles. The molecule has 6 heteroatoms. The van der Waals surface area contributed by atoms with Gasteiger partial charge in [0.25, 0.3) is 5.56 Å². The Labute approximate surface area is 182 Å². The first kappa shape index (κ1) is 22.7. The monoisotopic (exact) mass is 424 g/mol. The van der Waals surface area contributed by atoms with Crippen molar-refractivity contribution < 1.29 is 13.9 Å². The van der Waals surface area contributed by atoms with Crippen molar-refractivity contribution in [2.45, 2.75) is 26.1 Å². The highest BCUT2D eigenvalue weighted by molar-refractivity contribution is 5.23. The van der Waals surface area contributed by atoms with Crippen LogP contribution in [0, 0.1) is 5.82 Å². The fraction of sp³-hybridized carbons (Fsp3) is 0.320. The summed E-state index contributed by atoms with van der Waals surface area (Å²) in [6.07, 6.45) is 2.52. The highest BCUT2D eigenvalue weighted by atomic mass is 19.1. The number of ether oxygens (including phenoxy) is 2. The van der Waals surface area contributed by atoms with E-state index in [0.717, 1.165) is 31.7 Å². The van der Waals surface area contributed by atoms with E-state index in [-0.39, 0.29) is 18.0 Å². The lowest BCUT2D eigenvalue weighted by atomic mass is 10.1. The number of aromatic nitrogens is 1. The van der Waals surface area contributed by atoms with E-state index in [4.69, 9.17) is 9.47 Å². The maximum absolute atomic E-state index is 13.0. The molecule has 0 spiro atoms. The second-order valence-electron chi connectivity index (χ2n) is 7.61. The fourth-order valence-corrected chi connectivity index (χ4v) is 3.21. The van der Waals surface area contributed by atoms with Gasteiger partial charge in [-0.3, -0.25) is 9.69 Å². The maximum atomic E-state index is 13.0. The van der Waals surface area contributed by atoms with Gasteiger partial charge in [0.2, 0.25) is 0 Å². The van der Waals surface area contributed by atoms with Crippen molar-refractivity contribution in [3.8, 4) is 5.75 Å². The van der Waals surface area contributed by atoms with Gasteiger partial charge in [-0.1, -0.05) is 36.4 Å². The van der Waals surface area contributed by atoms with E-state index >= 15 is 0 Å². The number of aryl methyl sites for hydroxylation is 2. The standard InChI is InChI=1S/C25H29FN2O3/c1-27(15-16-30-2)18-21-5-3-20(4-6-21)11-13-28-14-12-24(17-25(28)29)31-19-22-7-9-23(26)10-8-22/h3-10,12,14,17H,11,13,15-16,18-19H2,1-2H3. The molecule has 3 aromatic rings. The zero-order chi connectivity index (χ0) is 22.1. The number of nitrogens with zero attached hydrogens (tertiary/aromatic N) is 2. The molecule has 164 valence electrons. The Bertz CT molecular complexity index is 1000. The van der Waals surface area contributed by atoms with Gasteiger partial charge in [-0.25, -0.2) is 4.39 Å². The summed E-state index contributed by atoms with van der Waals surface area (Å²) in [7, 11) is 3.79. The van der Waals surface area contributed by atoms with Crippen molar-refractivity contribution in [3.63, 3.8) is 0 Å². The van der Waals surface area contributed by atoms with Gasteiger partial charge in [0.15, 0.2) is 0 Å². The normalized spacial score (nSPS) is 11.1. The van der Waals surface area contributed by atoms with E-state index in [9.17, 15) is 9.18 Å². The van der Waals surface area contributed by atoms with E-state index in [2.05, 4.69) is 36.2 Å². The van der Waals surface area contributed by atoms with Crippen molar-refractivity contribution in [2.75, 3.05) is 27.3 Å². The number of halogens is 1. The molecule has 0 aliphatic carbocycles. The van der Waals surface area contributed by atoms with E-state index in [0.29, 0.717) is 12.3 Å². The summed E-state index contributed by atoms with van der Waals surface area (Å²) < 4.78 is 25.4. The van der Waals surface area contributed by atoms with Crippen molar-refractivity contribution in [3.05, 3.63) is 99.7 Å². The molecule has 1 heterocycles. The lowest BCUT2D eigenvalue weighted by molar-refractivity contribution is 0.158. The first-order chi connectivity index (χ1) is 15.0. The van der Waals surface area contributed by atoms with Crippen LogP contribution in [-0.2, 0) is 30.9 Å². The third kappa shape index (κ3) is 7.35. The summed E-state index contributed by atoms with van der Waals surface area (Å²) in [5, 5.41) is 0. The molecule has 31 heavy (non-hydrogen) atoms.